The van der Waals surface area contributed by atoms with Crippen LogP contribution in [0.2, 0.25) is 0 Å². The normalized spacial score (nSPS) is 15.5. The largest absolute Gasteiger partial charge is 0.369 e. The van der Waals surface area contributed by atoms with Gasteiger partial charge in [0.15, 0.2) is 0 Å². The molecule has 1 fully saturated rings. The van der Waals surface area contributed by atoms with E-state index in [1.807, 2.05) is 19.9 Å². The Morgan fingerprint density at radius 2 is 1.93 bits per heavy atom. The monoisotopic (exact) mass is 209 g/mol. The molecular weight excluding hydrogens is 190 g/mol. The fraction of sp³-hybridized carbons (Fsp3) is 0.545. The van der Waals surface area contributed by atoms with Crippen molar-refractivity contribution < 1.29 is 0 Å². The molecule has 0 atom stereocenters. The number of hydrogen-bond acceptors (Lipinski definition) is 3. The zero-order valence-corrected chi connectivity index (χ0v) is 9.42. The smallest absolute Gasteiger partial charge is 0.249 e. The SMILES string of the molecule is CC.O=c1cc(N2CCNCC2)cc[nH]1. The van der Waals surface area contributed by atoms with Gasteiger partial charge >= 0.3 is 0 Å². The molecule has 84 valence electrons. The van der Waals surface area contributed by atoms with E-state index < -0.39 is 0 Å². The summed E-state index contributed by atoms with van der Waals surface area (Å²) in [5, 5.41) is 3.27. The lowest BCUT2D eigenvalue weighted by Gasteiger charge is -2.29. The number of nitrogens with one attached hydrogen (secondary N) is 2. The Morgan fingerprint density at radius 1 is 1.27 bits per heavy atom. The van der Waals surface area contributed by atoms with Gasteiger partial charge in [-0.15, -0.1) is 0 Å². The first-order chi connectivity index (χ1) is 7.36. The summed E-state index contributed by atoms with van der Waals surface area (Å²) in [4.78, 5) is 15.9. The molecule has 1 aromatic heterocycles. The fourth-order valence-electron chi connectivity index (χ4n) is 1.55. The topological polar surface area (TPSA) is 48.1 Å². The highest BCUT2D eigenvalue weighted by Crippen LogP contribution is 2.09. The lowest BCUT2D eigenvalue weighted by molar-refractivity contribution is 0.589. The molecule has 0 spiro atoms. The van der Waals surface area contributed by atoms with Crippen molar-refractivity contribution in [2.45, 2.75) is 13.8 Å². The van der Waals surface area contributed by atoms with Crippen LogP contribution in [0.4, 0.5) is 5.69 Å². The van der Waals surface area contributed by atoms with Crippen molar-refractivity contribution >= 4 is 5.69 Å². The van der Waals surface area contributed by atoms with E-state index in [2.05, 4.69) is 15.2 Å². The summed E-state index contributed by atoms with van der Waals surface area (Å²) < 4.78 is 0. The van der Waals surface area contributed by atoms with Crippen molar-refractivity contribution in [3.8, 4) is 0 Å². The molecule has 0 unspecified atom stereocenters. The zero-order valence-electron chi connectivity index (χ0n) is 9.42. The molecule has 1 saturated heterocycles. The Balaban J connectivity index is 0.000000531. The number of H-pyrrole nitrogens is 1. The van der Waals surface area contributed by atoms with Crippen molar-refractivity contribution in [3.05, 3.63) is 28.7 Å². The van der Waals surface area contributed by atoms with Crippen LogP contribution in [0.1, 0.15) is 13.8 Å². The second kappa shape index (κ2) is 6.24. The standard InChI is InChI=1S/C9H13N3O.C2H6/c13-9-7-8(1-2-11-9)12-5-3-10-4-6-12;1-2/h1-2,7,10H,3-6H2,(H,11,13);1-2H3. The van der Waals surface area contributed by atoms with E-state index in [-0.39, 0.29) is 5.56 Å². The van der Waals surface area contributed by atoms with Gasteiger partial charge in [-0.25, -0.2) is 0 Å². The number of hydrogen-bond donors (Lipinski definition) is 2. The molecule has 4 heteroatoms. The van der Waals surface area contributed by atoms with Crippen LogP contribution in [-0.4, -0.2) is 31.2 Å². The summed E-state index contributed by atoms with van der Waals surface area (Å²) in [6, 6.07) is 3.58. The van der Waals surface area contributed by atoms with Gasteiger partial charge in [0.25, 0.3) is 0 Å². The highest BCUT2D eigenvalue weighted by atomic mass is 16.1. The molecule has 0 bridgehead atoms. The minimum atomic E-state index is -0.0315. The molecule has 2 rings (SSSR count). The summed E-state index contributed by atoms with van der Waals surface area (Å²) in [5.41, 5.74) is 0.987. The minimum Gasteiger partial charge on any atom is -0.369 e. The zero-order chi connectivity index (χ0) is 11.1. The number of piperazine rings is 1. The lowest BCUT2D eigenvalue weighted by atomic mass is 10.3. The van der Waals surface area contributed by atoms with Gasteiger partial charge in [-0.2, -0.15) is 0 Å². The van der Waals surface area contributed by atoms with Crippen LogP contribution in [-0.2, 0) is 0 Å². The van der Waals surface area contributed by atoms with Gasteiger partial charge in [-0.3, -0.25) is 4.79 Å². The van der Waals surface area contributed by atoms with Crippen molar-refractivity contribution in [2.24, 2.45) is 0 Å². The van der Waals surface area contributed by atoms with Gasteiger partial charge in [-0.1, -0.05) is 13.8 Å². The maximum Gasteiger partial charge on any atom is 0.249 e. The third-order valence-electron chi connectivity index (χ3n) is 2.24. The van der Waals surface area contributed by atoms with E-state index in [0.717, 1.165) is 31.9 Å². The Hall–Kier alpha value is -1.29. The number of aromatic nitrogens is 1. The second-order valence-corrected chi connectivity index (χ2v) is 3.15. The van der Waals surface area contributed by atoms with Crippen LogP contribution in [0.5, 0.6) is 0 Å². The number of pyridine rings is 1. The molecule has 2 N–H and O–H groups in total. The van der Waals surface area contributed by atoms with Crippen molar-refractivity contribution in [2.75, 3.05) is 31.1 Å². The number of rotatable bonds is 1. The van der Waals surface area contributed by atoms with Gasteiger partial charge in [-0.05, 0) is 6.07 Å². The minimum absolute atomic E-state index is 0.0315. The van der Waals surface area contributed by atoms with E-state index >= 15 is 0 Å². The van der Waals surface area contributed by atoms with Crippen LogP contribution >= 0.6 is 0 Å². The number of nitrogens with zero attached hydrogens (tertiary/aromatic N) is 1. The fourth-order valence-corrected chi connectivity index (χ4v) is 1.55. The summed E-state index contributed by atoms with van der Waals surface area (Å²) >= 11 is 0. The summed E-state index contributed by atoms with van der Waals surface area (Å²) in [5.74, 6) is 0. The molecule has 0 saturated carbocycles. The highest BCUT2D eigenvalue weighted by Gasteiger charge is 2.09. The highest BCUT2D eigenvalue weighted by molar-refractivity contribution is 5.44. The van der Waals surface area contributed by atoms with E-state index in [0.29, 0.717) is 0 Å². The maximum atomic E-state index is 11.0. The predicted octanol–water partition coefficient (Wildman–Crippen LogP) is 0.811. The van der Waals surface area contributed by atoms with Crippen molar-refractivity contribution in [3.63, 3.8) is 0 Å². The molecule has 1 aliphatic rings. The lowest BCUT2D eigenvalue weighted by Crippen LogP contribution is -2.43. The van der Waals surface area contributed by atoms with E-state index in [1.54, 1.807) is 12.3 Å². The molecule has 0 aromatic carbocycles. The first kappa shape index (κ1) is 11.8. The maximum absolute atomic E-state index is 11.0. The first-order valence-corrected chi connectivity index (χ1v) is 5.51. The summed E-state index contributed by atoms with van der Waals surface area (Å²) in [6.07, 6.45) is 1.69. The van der Waals surface area contributed by atoms with Gasteiger partial charge in [0.05, 0.1) is 0 Å². The molecule has 1 aromatic rings. The molecule has 0 amide bonds. The Morgan fingerprint density at radius 3 is 2.53 bits per heavy atom. The van der Waals surface area contributed by atoms with Crippen LogP contribution < -0.4 is 15.8 Å². The Kier molecular flexibility index (Phi) is 4.90. The first-order valence-electron chi connectivity index (χ1n) is 5.51. The molecule has 0 radical (unpaired) electrons. The van der Waals surface area contributed by atoms with Gasteiger partial charge in [0, 0.05) is 44.1 Å². The second-order valence-electron chi connectivity index (χ2n) is 3.15. The molecule has 2 heterocycles. The average Bonchev–Trinajstić information content (AvgIpc) is 2.33. The molecule has 0 aliphatic carbocycles. The predicted molar refractivity (Wildman–Crippen MR) is 63.5 cm³/mol. The van der Waals surface area contributed by atoms with Crippen molar-refractivity contribution in [1.29, 1.82) is 0 Å². The van der Waals surface area contributed by atoms with Crippen molar-refractivity contribution in [1.82, 2.24) is 10.3 Å². The third kappa shape index (κ3) is 3.40. The average molecular weight is 209 g/mol. The summed E-state index contributed by atoms with van der Waals surface area (Å²) in [7, 11) is 0. The Labute approximate surface area is 90.3 Å². The van der Waals surface area contributed by atoms with E-state index in [1.165, 1.54) is 0 Å². The van der Waals surface area contributed by atoms with Crippen LogP contribution in [0.25, 0.3) is 0 Å². The van der Waals surface area contributed by atoms with Gasteiger partial charge < -0.3 is 15.2 Å². The van der Waals surface area contributed by atoms with Crippen LogP contribution in [0.15, 0.2) is 23.1 Å². The molecular formula is C11H19N3O. The Bertz CT molecular complexity index is 329. The molecule has 15 heavy (non-hydrogen) atoms. The quantitative estimate of drug-likeness (QED) is 0.719. The van der Waals surface area contributed by atoms with Gasteiger partial charge in [0.2, 0.25) is 5.56 Å². The number of aromatic amines is 1. The third-order valence-corrected chi connectivity index (χ3v) is 2.24. The van der Waals surface area contributed by atoms with Crippen LogP contribution in [0.3, 0.4) is 0 Å². The van der Waals surface area contributed by atoms with Gasteiger partial charge in [0.1, 0.15) is 0 Å². The molecule has 1 aliphatic heterocycles. The number of anilines is 1. The van der Waals surface area contributed by atoms with E-state index in [9.17, 15) is 4.79 Å². The summed E-state index contributed by atoms with van der Waals surface area (Å²) in [6.45, 7) is 7.94. The molecule has 4 nitrogen and oxygen atoms in total. The van der Waals surface area contributed by atoms with E-state index in [4.69, 9.17) is 0 Å². The van der Waals surface area contributed by atoms with Crippen LogP contribution in [0, 0.1) is 0 Å².